The Morgan fingerprint density at radius 1 is 0.912 bits per heavy atom. The minimum Gasteiger partial charge on any atom is -0.466 e. The molecule has 0 amide bonds. The largest absolute Gasteiger partial charge is 0.466 e. The van der Waals surface area contributed by atoms with E-state index in [1.54, 1.807) is 39.8 Å². The van der Waals surface area contributed by atoms with E-state index in [1.807, 2.05) is 0 Å². The molecule has 17 heteroatoms. The van der Waals surface area contributed by atoms with E-state index in [9.17, 15) is 44.4 Å². The number of cyclic esters (lactones) is 1. The van der Waals surface area contributed by atoms with Crippen molar-refractivity contribution in [2.75, 3.05) is 14.2 Å². The van der Waals surface area contributed by atoms with Gasteiger partial charge in [-0.25, -0.2) is 9.59 Å². The zero-order valence-corrected chi connectivity index (χ0v) is 33.8. The first-order valence-corrected chi connectivity index (χ1v) is 19.1. The van der Waals surface area contributed by atoms with Gasteiger partial charge in [0.2, 0.25) is 5.79 Å². The van der Waals surface area contributed by atoms with Gasteiger partial charge in [-0.2, -0.15) is 0 Å². The molecule has 11 atom stereocenters. The van der Waals surface area contributed by atoms with Crippen LogP contribution in [-0.4, -0.2) is 132 Å². The first-order chi connectivity index (χ1) is 26.6. The molecule has 0 aromatic heterocycles. The molecule has 4 heterocycles. The lowest BCUT2D eigenvalue weighted by Crippen LogP contribution is -2.62. The van der Waals surface area contributed by atoms with Crippen LogP contribution in [0, 0.1) is 10.8 Å². The summed E-state index contributed by atoms with van der Waals surface area (Å²) in [6.45, 7) is 9.25. The van der Waals surface area contributed by atoms with Gasteiger partial charge in [-0.05, 0) is 31.8 Å². The van der Waals surface area contributed by atoms with E-state index in [2.05, 4.69) is 0 Å². The number of rotatable bonds is 6. The fourth-order valence-electron chi connectivity index (χ4n) is 8.02. The fourth-order valence-corrected chi connectivity index (χ4v) is 8.02. The number of fused-ring (bicyclic) bond motifs is 6. The van der Waals surface area contributed by atoms with Gasteiger partial charge in [0.05, 0.1) is 62.7 Å². The molecule has 4 rings (SSSR count). The maximum Gasteiger partial charge on any atom is 0.330 e. The lowest BCUT2D eigenvalue weighted by molar-refractivity contribution is -0.348. The van der Waals surface area contributed by atoms with E-state index >= 15 is 0 Å². The summed E-state index contributed by atoms with van der Waals surface area (Å²) in [5.74, 6) is -7.34. The standard InChI is InChI=1S/C40H58O17/c1-22(42)31-18-28-14-25(15-34(46)51-8)36(52-21-41)40(49,57-28)37(3,4)10-9-27-11-24(13-33(45)50-7)12-30(54-27)20-39(48)38(5,6)32(53-23(2)43)19-29(56-39)16-26(44)17-35(47)55-31/h9-10,13,15,21-22,26-32,36,42,44,48-49H,11-12,14,16-20H2,1-8H3/b10-9+,24-13+,25-15+. The topological polar surface area (TPSA) is 240 Å². The number of aliphatic hydroxyl groups excluding tert-OH is 2. The molecule has 0 aromatic rings. The average Bonchev–Trinajstić information content (AvgIpc) is 3.10. The predicted octanol–water partition coefficient (Wildman–Crippen LogP) is 2.00. The van der Waals surface area contributed by atoms with Gasteiger partial charge >= 0.3 is 23.9 Å². The van der Waals surface area contributed by atoms with Gasteiger partial charge in [0.25, 0.3) is 6.47 Å². The molecule has 0 radical (unpaired) electrons. The molecule has 320 valence electrons. The molecule has 4 aliphatic rings. The lowest BCUT2D eigenvalue weighted by Gasteiger charge is -2.53. The predicted molar refractivity (Wildman–Crippen MR) is 196 cm³/mol. The molecular formula is C40H58O17. The molecule has 6 bridgehead atoms. The van der Waals surface area contributed by atoms with Crippen LogP contribution < -0.4 is 0 Å². The minimum atomic E-state index is -2.40. The summed E-state index contributed by atoms with van der Waals surface area (Å²) in [5.41, 5.74) is -1.97. The van der Waals surface area contributed by atoms with Crippen molar-refractivity contribution in [3.8, 4) is 0 Å². The summed E-state index contributed by atoms with van der Waals surface area (Å²) in [6.07, 6.45) is -5.04. The minimum absolute atomic E-state index is 0.0783. The smallest absolute Gasteiger partial charge is 0.330 e. The maximum atomic E-state index is 13.3. The number of carbonyl (C=O) groups excluding carboxylic acids is 5. The summed E-state index contributed by atoms with van der Waals surface area (Å²) < 4.78 is 45.6. The summed E-state index contributed by atoms with van der Waals surface area (Å²) in [7, 11) is 2.39. The summed E-state index contributed by atoms with van der Waals surface area (Å²) in [5, 5.41) is 46.7. The number of ether oxygens (including phenoxy) is 8. The van der Waals surface area contributed by atoms with Gasteiger partial charge in [-0.3, -0.25) is 14.4 Å². The van der Waals surface area contributed by atoms with Crippen LogP contribution in [-0.2, 0) is 61.9 Å². The highest BCUT2D eigenvalue weighted by atomic mass is 16.7. The molecule has 0 saturated carbocycles. The van der Waals surface area contributed by atoms with Gasteiger partial charge in [0.1, 0.15) is 12.2 Å². The number of aliphatic hydroxyl groups is 4. The van der Waals surface area contributed by atoms with Crippen molar-refractivity contribution in [3.63, 3.8) is 0 Å². The highest BCUT2D eigenvalue weighted by Gasteiger charge is 2.59. The molecule has 3 fully saturated rings. The van der Waals surface area contributed by atoms with Crippen LogP contribution in [0.2, 0.25) is 0 Å². The molecule has 4 aliphatic heterocycles. The van der Waals surface area contributed by atoms with E-state index in [-0.39, 0.29) is 57.0 Å². The molecule has 17 nitrogen and oxygen atoms in total. The van der Waals surface area contributed by atoms with E-state index in [0.29, 0.717) is 5.57 Å². The van der Waals surface area contributed by atoms with Crippen LogP contribution in [0.25, 0.3) is 0 Å². The monoisotopic (exact) mass is 810 g/mol. The van der Waals surface area contributed by atoms with Crippen molar-refractivity contribution < 1.29 is 82.3 Å². The van der Waals surface area contributed by atoms with E-state index in [1.165, 1.54) is 27.0 Å². The molecule has 3 saturated heterocycles. The zero-order chi connectivity index (χ0) is 42.5. The molecule has 57 heavy (non-hydrogen) atoms. The average molecular weight is 811 g/mol. The van der Waals surface area contributed by atoms with Crippen LogP contribution in [0.3, 0.4) is 0 Å². The number of hydrogen-bond acceptors (Lipinski definition) is 17. The zero-order valence-electron chi connectivity index (χ0n) is 33.8. The molecule has 4 N–H and O–H groups in total. The molecule has 0 aliphatic carbocycles. The fraction of sp³-hybridized carbons (Fsp3) is 0.725. The Labute approximate surface area is 332 Å². The summed E-state index contributed by atoms with van der Waals surface area (Å²) in [4.78, 5) is 62.4. The van der Waals surface area contributed by atoms with Gasteiger partial charge < -0.3 is 58.3 Å². The third-order valence-electron chi connectivity index (χ3n) is 11.4. The van der Waals surface area contributed by atoms with Gasteiger partial charge in [-0.15, -0.1) is 0 Å². The van der Waals surface area contributed by atoms with Crippen molar-refractivity contribution in [2.24, 2.45) is 10.8 Å². The van der Waals surface area contributed by atoms with Crippen molar-refractivity contribution in [2.45, 2.75) is 159 Å². The Balaban J connectivity index is 1.86. The third-order valence-corrected chi connectivity index (χ3v) is 11.4. The Morgan fingerprint density at radius 2 is 1.58 bits per heavy atom. The van der Waals surface area contributed by atoms with Crippen molar-refractivity contribution >= 4 is 30.3 Å². The van der Waals surface area contributed by atoms with Crippen LogP contribution in [0.1, 0.15) is 92.9 Å². The Bertz CT molecular complexity index is 1580. The van der Waals surface area contributed by atoms with Crippen LogP contribution in [0.15, 0.2) is 35.5 Å². The van der Waals surface area contributed by atoms with E-state index in [0.717, 1.165) is 13.2 Å². The summed E-state index contributed by atoms with van der Waals surface area (Å²) >= 11 is 0. The normalized spacial score (nSPS) is 38.4. The van der Waals surface area contributed by atoms with Gasteiger partial charge in [0.15, 0.2) is 11.9 Å². The Kier molecular flexibility index (Phi) is 14.9. The molecule has 0 spiro atoms. The third kappa shape index (κ3) is 10.9. The van der Waals surface area contributed by atoms with Crippen LogP contribution >= 0.6 is 0 Å². The SMILES string of the molecule is COC(=O)/C=C1\CC2/C=C/C(C)(C)C3(O)OC(C/C(=C\C(=O)OC)C3OC=O)CC(C(C)O)OC(=O)CC(O)CC3CC(OC(C)=O)C(C)(C)C(O)(CC(C1)O2)O3. The lowest BCUT2D eigenvalue weighted by atomic mass is 9.70. The van der Waals surface area contributed by atoms with Crippen LogP contribution in [0.4, 0.5) is 0 Å². The van der Waals surface area contributed by atoms with Crippen molar-refractivity contribution in [1.29, 1.82) is 0 Å². The van der Waals surface area contributed by atoms with Crippen molar-refractivity contribution in [1.82, 2.24) is 0 Å². The van der Waals surface area contributed by atoms with E-state index in [4.69, 9.17) is 37.9 Å². The van der Waals surface area contributed by atoms with Crippen molar-refractivity contribution in [3.05, 3.63) is 35.5 Å². The second kappa shape index (κ2) is 18.5. The van der Waals surface area contributed by atoms with Crippen LogP contribution in [0.5, 0.6) is 0 Å². The highest BCUT2D eigenvalue weighted by Crippen LogP contribution is 2.50. The number of methoxy groups -OCH3 is 2. The van der Waals surface area contributed by atoms with Gasteiger partial charge in [0, 0.05) is 50.2 Å². The van der Waals surface area contributed by atoms with E-state index < -0.39 is 108 Å². The second-order valence-electron chi connectivity index (χ2n) is 16.5. The second-order valence-corrected chi connectivity index (χ2v) is 16.5. The first kappa shape index (κ1) is 46.0. The molecular weight excluding hydrogens is 752 g/mol. The Morgan fingerprint density at radius 3 is 2.19 bits per heavy atom. The number of carbonyl (C=O) groups is 5. The maximum absolute atomic E-state index is 13.3. The summed E-state index contributed by atoms with van der Waals surface area (Å²) in [6, 6.07) is 0. The molecule has 0 aromatic carbocycles. The first-order valence-electron chi connectivity index (χ1n) is 19.1. The molecule has 11 unspecified atom stereocenters. The number of esters is 4. The quantitative estimate of drug-likeness (QED) is 0.0986. The Hall–Kier alpha value is -3.71. The van der Waals surface area contributed by atoms with Gasteiger partial charge in [-0.1, -0.05) is 45.4 Å². The number of hydrogen-bond donors (Lipinski definition) is 4. The highest BCUT2D eigenvalue weighted by molar-refractivity contribution is 5.83.